The predicted molar refractivity (Wildman–Crippen MR) is 94.9 cm³/mol. The third-order valence-corrected chi connectivity index (χ3v) is 5.37. The van der Waals surface area contributed by atoms with Crippen LogP contribution in [0.25, 0.3) is 0 Å². The molecule has 0 atom stereocenters. The summed E-state index contributed by atoms with van der Waals surface area (Å²) < 4.78 is 0. The fourth-order valence-corrected chi connectivity index (χ4v) is 4.09. The minimum Gasteiger partial charge on any atom is -0.480 e. The highest BCUT2D eigenvalue weighted by Gasteiger charge is 2.32. The average Bonchev–Trinajstić information content (AvgIpc) is 3.08. The average molecular weight is 352 g/mol. The molecule has 0 heterocycles. The second-order valence-corrected chi connectivity index (χ2v) is 8.04. The van der Waals surface area contributed by atoms with Crippen molar-refractivity contribution in [2.45, 2.75) is 71.3 Å². The summed E-state index contributed by atoms with van der Waals surface area (Å²) in [5, 5.41) is 12.2. The molecule has 142 valence electrons. The molecule has 6 heteroatoms. The smallest absolute Gasteiger partial charge is 0.323 e. The summed E-state index contributed by atoms with van der Waals surface area (Å²) in [5.41, 5.74) is 0. The van der Waals surface area contributed by atoms with E-state index in [4.69, 9.17) is 5.11 Å². The largest absolute Gasteiger partial charge is 0.480 e. The Kier molecular flexibility index (Phi) is 7.26. The van der Waals surface area contributed by atoms with Crippen LogP contribution in [0.1, 0.15) is 65.2 Å². The summed E-state index contributed by atoms with van der Waals surface area (Å²) in [5.74, 6) is -0.526. The Morgan fingerprint density at radius 2 is 1.60 bits per heavy atom. The van der Waals surface area contributed by atoms with E-state index in [0.29, 0.717) is 6.54 Å². The van der Waals surface area contributed by atoms with Gasteiger partial charge in [-0.05, 0) is 44.4 Å². The lowest BCUT2D eigenvalue weighted by Crippen LogP contribution is -2.45. The first kappa shape index (κ1) is 19.7. The van der Waals surface area contributed by atoms with Crippen molar-refractivity contribution in [1.82, 2.24) is 10.2 Å². The van der Waals surface area contributed by atoms with E-state index in [1.807, 2.05) is 13.8 Å². The number of carbonyl (C=O) groups excluding carboxylic acids is 2. The molecule has 0 radical (unpaired) electrons. The summed E-state index contributed by atoms with van der Waals surface area (Å²) in [4.78, 5) is 37.4. The van der Waals surface area contributed by atoms with Crippen molar-refractivity contribution in [3.63, 3.8) is 0 Å². The van der Waals surface area contributed by atoms with Gasteiger partial charge in [-0.15, -0.1) is 0 Å². The molecule has 0 unspecified atom stereocenters. The van der Waals surface area contributed by atoms with E-state index in [9.17, 15) is 14.4 Å². The molecular formula is C19H32N2O4. The van der Waals surface area contributed by atoms with Gasteiger partial charge in [-0.2, -0.15) is 0 Å². The van der Waals surface area contributed by atoms with Crippen LogP contribution < -0.4 is 5.32 Å². The molecule has 2 aliphatic carbocycles. The standard InChI is InChI=1S/C19H32N2O4/c1-13(2)11-21(12-17(22)23)19(25)15-7-9-16(10-8-15)20-18(24)14-5-3-4-6-14/h13-16H,3-12H2,1-2H3,(H,20,24)(H,22,23). The van der Waals surface area contributed by atoms with Crippen LogP contribution >= 0.6 is 0 Å². The van der Waals surface area contributed by atoms with Gasteiger partial charge in [0, 0.05) is 24.4 Å². The van der Waals surface area contributed by atoms with Gasteiger partial charge in [0.05, 0.1) is 0 Å². The summed E-state index contributed by atoms with van der Waals surface area (Å²) in [6.07, 6.45) is 7.35. The molecule has 6 nitrogen and oxygen atoms in total. The van der Waals surface area contributed by atoms with E-state index in [1.165, 1.54) is 4.90 Å². The lowest BCUT2D eigenvalue weighted by molar-refractivity contribution is -0.147. The van der Waals surface area contributed by atoms with Crippen LogP contribution in [-0.4, -0.2) is 46.9 Å². The van der Waals surface area contributed by atoms with Gasteiger partial charge in [0.15, 0.2) is 0 Å². The first-order valence-corrected chi connectivity index (χ1v) is 9.67. The minimum absolute atomic E-state index is 0.0448. The predicted octanol–water partition coefficient (Wildman–Crippen LogP) is 2.42. The van der Waals surface area contributed by atoms with Gasteiger partial charge in [-0.1, -0.05) is 26.7 Å². The Morgan fingerprint density at radius 1 is 1.00 bits per heavy atom. The van der Waals surface area contributed by atoms with Crippen molar-refractivity contribution in [3.05, 3.63) is 0 Å². The van der Waals surface area contributed by atoms with E-state index in [-0.39, 0.29) is 42.2 Å². The third kappa shape index (κ3) is 6.01. The second-order valence-electron chi connectivity index (χ2n) is 8.04. The van der Waals surface area contributed by atoms with E-state index < -0.39 is 5.97 Å². The van der Waals surface area contributed by atoms with Gasteiger partial charge >= 0.3 is 5.97 Å². The molecule has 0 aromatic carbocycles. The second kappa shape index (κ2) is 9.20. The van der Waals surface area contributed by atoms with Crippen molar-refractivity contribution in [3.8, 4) is 0 Å². The Labute approximate surface area is 150 Å². The maximum atomic E-state index is 12.7. The molecular weight excluding hydrogens is 320 g/mol. The Hall–Kier alpha value is -1.59. The highest BCUT2D eigenvalue weighted by Crippen LogP contribution is 2.28. The number of carboxylic acid groups (broad SMARTS) is 1. The number of aliphatic carboxylic acids is 1. The topological polar surface area (TPSA) is 86.7 Å². The molecule has 0 saturated heterocycles. The third-order valence-electron chi connectivity index (χ3n) is 5.37. The number of nitrogens with zero attached hydrogens (tertiary/aromatic N) is 1. The number of carboxylic acids is 1. The molecule has 0 aromatic heterocycles. The minimum atomic E-state index is -0.966. The van der Waals surface area contributed by atoms with Gasteiger partial charge in [-0.25, -0.2) is 0 Å². The molecule has 0 spiro atoms. The first-order valence-electron chi connectivity index (χ1n) is 9.67. The fraction of sp³-hybridized carbons (Fsp3) is 0.842. The molecule has 0 bridgehead atoms. The highest BCUT2D eigenvalue weighted by atomic mass is 16.4. The molecule has 2 saturated carbocycles. The molecule has 0 aliphatic heterocycles. The Morgan fingerprint density at radius 3 is 2.12 bits per heavy atom. The lowest BCUT2D eigenvalue weighted by atomic mass is 9.84. The summed E-state index contributed by atoms with van der Waals surface area (Å²) in [6.45, 7) is 4.22. The van der Waals surface area contributed by atoms with Gasteiger partial charge in [-0.3, -0.25) is 14.4 Å². The maximum Gasteiger partial charge on any atom is 0.323 e. The number of rotatable bonds is 7. The van der Waals surface area contributed by atoms with E-state index >= 15 is 0 Å². The molecule has 2 aliphatic rings. The van der Waals surface area contributed by atoms with E-state index in [1.54, 1.807) is 0 Å². The van der Waals surface area contributed by atoms with Crippen LogP contribution in [0.5, 0.6) is 0 Å². The zero-order valence-electron chi connectivity index (χ0n) is 15.5. The fourth-order valence-electron chi connectivity index (χ4n) is 4.09. The van der Waals surface area contributed by atoms with Crippen molar-refractivity contribution in [2.24, 2.45) is 17.8 Å². The normalized spacial score (nSPS) is 24.3. The van der Waals surface area contributed by atoms with Gasteiger partial charge in [0.1, 0.15) is 6.54 Å². The quantitative estimate of drug-likeness (QED) is 0.737. The summed E-state index contributed by atoms with van der Waals surface area (Å²) in [7, 11) is 0. The number of amides is 2. The van der Waals surface area contributed by atoms with Crippen LogP contribution in [0.4, 0.5) is 0 Å². The van der Waals surface area contributed by atoms with Crippen LogP contribution in [0.3, 0.4) is 0 Å². The van der Waals surface area contributed by atoms with Crippen molar-refractivity contribution in [1.29, 1.82) is 0 Å². The zero-order chi connectivity index (χ0) is 18.4. The van der Waals surface area contributed by atoms with Gasteiger partial charge in [0.25, 0.3) is 0 Å². The summed E-state index contributed by atoms with van der Waals surface area (Å²) in [6, 6.07) is 0.162. The van der Waals surface area contributed by atoms with E-state index in [2.05, 4.69) is 5.32 Å². The molecule has 25 heavy (non-hydrogen) atoms. The van der Waals surface area contributed by atoms with Crippen molar-refractivity contribution in [2.75, 3.05) is 13.1 Å². The first-order chi connectivity index (χ1) is 11.9. The summed E-state index contributed by atoms with van der Waals surface area (Å²) >= 11 is 0. The van der Waals surface area contributed by atoms with Crippen LogP contribution in [0.2, 0.25) is 0 Å². The SMILES string of the molecule is CC(C)CN(CC(=O)O)C(=O)C1CCC(NC(=O)C2CCCC2)CC1. The number of carbonyl (C=O) groups is 3. The zero-order valence-corrected chi connectivity index (χ0v) is 15.5. The Bertz CT molecular complexity index is 478. The molecule has 0 aromatic rings. The van der Waals surface area contributed by atoms with E-state index in [0.717, 1.165) is 51.4 Å². The van der Waals surface area contributed by atoms with Crippen molar-refractivity contribution >= 4 is 17.8 Å². The highest BCUT2D eigenvalue weighted by molar-refractivity contribution is 5.83. The van der Waals surface area contributed by atoms with Crippen LogP contribution in [0, 0.1) is 17.8 Å². The molecule has 2 N–H and O–H groups in total. The molecule has 2 rings (SSSR count). The maximum absolute atomic E-state index is 12.7. The van der Waals surface area contributed by atoms with Gasteiger partial charge < -0.3 is 15.3 Å². The molecule has 2 fully saturated rings. The van der Waals surface area contributed by atoms with Crippen LogP contribution in [-0.2, 0) is 14.4 Å². The molecule has 2 amide bonds. The number of hydrogen-bond donors (Lipinski definition) is 2. The number of hydrogen-bond acceptors (Lipinski definition) is 3. The lowest BCUT2D eigenvalue weighted by Gasteiger charge is -2.33. The van der Waals surface area contributed by atoms with Gasteiger partial charge in [0.2, 0.25) is 11.8 Å². The number of nitrogens with one attached hydrogen (secondary N) is 1. The van der Waals surface area contributed by atoms with Crippen LogP contribution in [0.15, 0.2) is 0 Å². The Balaban J connectivity index is 1.81. The monoisotopic (exact) mass is 352 g/mol. The van der Waals surface area contributed by atoms with Crippen molar-refractivity contribution < 1.29 is 19.5 Å².